The van der Waals surface area contributed by atoms with Crippen LogP contribution >= 0.6 is 0 Å². The Labute approximate surface area is 175 Å². The second-order valence-corrected chi connectivity index (χ2v) is 8.17. The normalized spacial score (nSPS) is 20.9. The van der Waals surface area contributed by atoms with E-state index in [1.165, 1.54) is 5.56 Å². The van der Waals surface area contributed by atoms with E-state index in [1.807, 2.05) is 11.8 Å². The number of hydrogen-bond acceptors (Lipinski definition) is 3. The number of guanidine groups is 1. The summed E-state index contributed by atoms with van der Waals surface area (Å²) in [6.45, 7) is 7.55. The Balaban J connectivity index is 1.38. The van der Waals surface area contributed by atoms with E-state index in [-0.39, 0.29) is 5.91 Å². The molecule has 0 saturated carbocycles. The lowest BCUT2D eigenvalue weighted by atomic mass is 9.90. The van der Waals surface area contributed by atoms with E-state index >= 15 is 0 Å². The SMILES string of the molecule is CCOCC1CCN(C(=NC)NCC(=O)N2CCC(Cc3ccccc3)CC2)C1. The predicted molar refractivity (Wildman–Crippen MR) is 117 cm³/mol. The van der Waals surface area contributed by atoms with Crippen LogP contribution < -0.4 is 5.32 Å². The third-order valence-electron chi connectivity index (χ3n) is 6.09. The van der Waals surface area contributed by atoms with Crippen molar-refractivity contribution in [2.24, 2.45) is 16.8 Å². The monoisotopic (exact) mass is 400 g/mol. The van der Waals surface area contributed by atoms with E-state index in [0.717, 1.165) is 71.0 Å². The Morgan fingerprint density at radius 2 is 1.79 bits per heavy atom. The van der Waals surface area contributed by atoms with E-state index in [0.29, 0.717) is 18.4 Å². The average Bonchev–Trinajstić information content (AvgIpc) is 3.22. The number of rotatable bonds is 7. The van der Waals surface area contributed by atoms with Crippen LogP contribution in [-0.2, 0) is 16.0 Å². The number of aliphatic imine (C=N–C) groups is 1. The molecule has 1 unspecified atom stereocenters. The summed E-state index contributed by atoms with van der Waals surface area (Å²) in [7, 11) is 1.79. The van der Waals surface area contributed by atoms with Gasteiger partial charge in [-0.05, 0) is 44.1 Å². The van der Waals surface area contributed by atoms with Gasteiger partial charge in [0.05, 0.1) is 13.2 Å². The van der Waals surface area contributed by atoms with Crippen LogP contribution in [0.1, 0.15) is 31.7 Å². The third-order valence-corrected chi connectivity index (χ3v) is 6.09. The molecule has 2 saturated heterocycles. The first-order chi connectivity index (χ1) is 14.2. The van der Waals surface area contributed by atoms with Gasteiger partial charge in [-0.3, -0.25) is 9.79 Å². The fourth-order valence-electron chi connectivity index (χ4n) is 4.38. The average molecular weight is 401 g/mol. The molecular weight excluding hydrogens is 364 g/mol. The van der Waals surface area contributed by atoms with Gasteiger partial charge >= 0.3 is 0 Å². The van der Waals surface area contributed by atoms with Gasteiger partial charge in [-0.15, -0.1) is 0 Å². The Morgan fingerprint density at radius 1 is 1.10 bits per heavy atom. The Bertz CT molecular complexity index is 656. The molecule has 1 N–H and O–H groups in total. The second-order valence-electron chi connectivity index (χ2n) is 8.17. The first kappa shape index (κ1) is 21.6. The van der Waals surface area contributed by atoms with Crippen LogP contribution in [0.5, 0.6) is 0 Å². The Kier molecular flexibility index (Phi) is 8.35. The molecule has 0 aliphatic carbocycles. The standard InChI is InChI=1S/C23H36N4O2/c1-3-29-18-21-11-14-27(17-21)23(24-2)25-16-22(28)26-12-9-20(10-13-26)15-19-7-5-4-6-8-19/h4-8,20-21H,3,9-18H2,1-2H3,(H,24,25). The minimum Gasteiger partial charge on any atom is -0.381 e. The fraction of sp³-hybridized carbons (Fsp3) is 0.652. The number of likely N-dealkylation sites (tertiary alicyclic amines) is 2. The molecule has 29 heavy (non-hydrogen) atoms. The number of carbonyl (C=O) groups excluding carboxylic acids is 1. The zero-order valence-electron chi connectivity index (χ0n) is 18.0. The zero-order chi connectivity index (χ0) is 20.5. The first-order valence-corrected chi connectivity index (χ1v) is 11.0. The van der Waals surface area contributed by atoms with E-state index in [9.17, 15) is 4.79 Å². The van der Waals surface area contributed by atoms with Crippen molar-refractivity contribution in [1.29, 1.82) is 0 Å². The summed E-state index contributed by atoms with van der Waals surface area (Å²) < 4.78 is 5.56. The largest absolute Gasteiger partial charge is 0.381 e. The molecule has 1 aromatic carbocycles. The van der Waals surface area contributed by atoms with E-state index in [2.05, 4.69) is 45.5 Å². The number of carbonyl (C=O) groups is 1. The molecule has 0 aromatic heterocycles. The highest BCUT2D eigenvalue weighted by Crippen LogP contribution is 2.21. The maximum atomic E-state index is 12.7. The fourth-order valence-corrected chi connectivity index (χ4v) is 4.38. The van der Waals surface area contributed by atoms with Crippen molar-refractivity contribution in [2.75, 3.05) is 53.0 Å². The molecule has 160 valence electrons. The van der Waals surface area contributed by atoms with E-state index in [4.69, 9.17) is 4.74 Å². The van der Waals surface area contributed by atoms with Crippen molar-refractivity contribution in [3.8, 4) is 0 Å². The number of piperidine rings is 1. The lowest BCUT2D eigenvalue weighted by molar-refractivity contribution is -0.131. The van der Waals surface area contributed by atoms with Gasteiger partial charge in [0.15, 0.2) is 5.96 Å². The molecule has 0 radical (unpaired) electrons. The van der Waals surface area contributed by atoms with Crippen LogP contribution in [0.4, 0.5) is 0 Å². The molecule has 3 rings (SSSR count). The molecule has 1 atom stereocenters. The summed E-state index contributed by atoms with van der Waals surface area (Å²) in [5, 5.41) is 3.28. The second kappa shape index (κ2) is 11.2. The van der Waals surface area contributed by atoms with Crippen LogP contribution in [0.15, 0.2) is 35.3 Å². The number of hydrogen-bond donors (Lipinski definition) is 1. The number of amides is 1. The molecule has 2 heterocycles. The summed E-state index contributed by atoms with van der Waals surface area (Å²) in [6.07, 6.45) is 4.40. The van der Waals surface area contributed by atoms with Crippen LogP contribution in [0, 0.1) is 11.8 Å². The molecule has 0 spiro atoms. The van der Waals surface area contributed by atoms with Crippen LogP contribution in [0.3, 0.4) is 0 Å². The Morgan fingerprint density at radius 3 is 2.48 bits per heavy atom. The van der Waals surface area contributed by atoms with Gasteiger partial charge in [0.25, 0.3) is 0 Å². The van der Waals surface area contributed by atoms with Gasteiger partial charge < -0.3 is 19.9 Å². The first-order valence-electron chi connectivity index (χ1n) is 11.0. The van der Waals surface area contributed by atoms with Gasteiger partial charge in [0.2, 0.25) is 5.91 Å². The summed E-state index contributed by atoms with van der Waals surface area (Å²) in [5.74, 6) is 2.23. The highest BCUT2D eigenvalue weighted by Gasteiger charge is 2.26. The van der Waals surface area contributed by atoms with E-state index in [1.54, 1.807) is 7.05 Å². The van der Waals surface area contributed by atoms with Gasteiger partial charge in [-0.1, -0.05) is 30.3 Å². The van der Waals surface area contributed by atoms with Crippen molar-refractivity contribution < 1.29 is 9.53 Å². The smallest absolute Gasteiger partial charge is 0.241 e. The topological polar surface area (TPSA) is 57.2 Å². The summed E-state index contributed by atoms with van der Waals surface area (Å²) >= 11 is 0. The van der Waals surface area contributed by atoms with E-state index < -0.39 is 0 Å². The van der Waals surface area contributed by atoms with Crippen LogP contribution in [0.2, 0.25) is 0 Å². The third kappa shape index (κ3) is 6.46. The lowest BCUT2D eigenvalue weighted by Crippen LogP contribution is -2.47. The highest BCUT2D eigenvalue weighted by atomic mass is 16.5. The molecule has 6 nitrogen and oxygen atoms in total. The number of nitrogens with zero attached hydrogens (tertiary/aromatic N) is 3. The summed E-state index contributed by atoms with van der Waals surface area (Å²) in [6, 6.07) is 10.7. The maximum Gasteiger partial charge on any atom is 0.241 e. The molecular formula is C23H36N4O2. The number of ether oxygens (including phenoxy) is 1. The van der Waals surface area contributed by atoms with Crippen molar-refractivity contribution in [3.05, 3.63) is 35.9 Å². The molecule has 2 aliphatic heterocycles. The molecule has 6 heteroatoms. The summed E-state index contributed by atoms with van der Waals surface area (Å²) in [4.78, 5) is 21.3. The molecule has 2 aliphatic rings. The zero-order valence-corrected chi connectivity index (χ0v) is 18.0. The molecule has 1 amide bonds. The molecule has 1 aromatic rings. The lowest BCUT2D eigenvalue weighted by Gasteiger charge is -2.32. The van der Waals surface area contributed by atoms with Crippen molar-refractivity contribution in [1.82, 2.24) is 15.1 Å². The minimum atomic E-state index is 0.175. The minimum absolute atomic E-state index is 0.175. The van der Waals surface area contributed by atoms with Gasteiger partial charge in [-0.2, -0.15) is 0 Å². The maximum absolute atomic E-state index is 12.7. The van der Waals surface area contributed by atoms with Crippen LogP contribution in [-0.4, -0.2) is 74.7 Å². The van der Waals surface area contributed by atoms with Crippen molar-refractivity contribution in [3.63, 3.8) is 0 Å². The quantitative estimate of drug-likeness (QED) is 0.564. The summed E-state index contributed by atoms with van der Waals surface area (Å²) in [5.41, 5.74) is 1.40. The van der Waals surface area contributed by atoms with Crippen LogP contribution in [0.25, 0.3) is 0 Å². The number of nitrogens with one attached hydrogen (secondary N) is 1. The van der Waals surface area contributed by atoms with Gasteiger partial charge in [-0.25, -0.2) is 0 Å². The van der Waals surface area contributed by atoms with Crippen molar-refractivity contribution in [2.45, 2.75) is 32.6 Å². The molecule has 0 bridgehead atoms. The Hall–Kier alpha value is -2.08. The predicted octanol–water partition coefficient (Wildman–Crippen LogP) is 2.40. The van der Waals surface area contributed by atoms with Gasteiger partial charge in [0.1, 0.15) is 0 Å². The number of benzene rings is 1. The van der Waals surface area contributed by atoms with Crippen molar-refractivity contribution >= 4 is 11.9 Å². The molecule has 2 fully saturated rings. The highest BCUT2D eigenvalue weighted by molar-refractivity contribution is 5.86. The van der Waals surface area contributed by atoms with Gasteiger partial charge in [0, 0.05) is 45.8 Å².